The molecule has 4 heteroatoms. The first-order valence-corrected chi connectivity index (χ1v) is 6.72. The Bertz CT molecular complexity index is 405. The highest BCUT2D eigenvalue weighted by Gasteiger charge is 2.04. The SMILES string of the molecule is CNCCCC(=O)NCCc1cc(C)ccc1OC. The summed E-state index contributed by atoms with van der Waals surface area (Å²) in [7, 11) is 3.56. The van der Waals surface area contributed by atoms with Gasteiger partial charge >= 0.3 is 0 Å². The molecule has 1 rings (SSSR count). The Morgan fingerprint density at radius 2 is 2.11 bits per heavy atom. The van der Waals surface area contributed by atoms with Crippen LogP contribution in [0.3, 0.4) is 0 Å². The van der Waals surface area contributed by atoms with E-state index in [4.69, 9.17) is 4.74 Å². The van der Waals surface area contributed by atoms with Crippen LogP contribution in [0, 0.1) is 6.92 Å². The molecule has 0 saturated heterocycles. The van der Waals surface area contributed by atoms with Gasteiger partial charge in [0.1, 0.15) is 5.75 Å². The van der Waals surface area contributed by atoms with Crippen molar-refractivity contribution in [3.63, 3.8) is 0 Å². The fourth-order valence-corrected chi connectivity index (χ4v) is 1.95. The minimum Gasteiger partial charge on any atom is -0.496 e. The predicted molar refractivity (Wildman–Crippen MR) is 77.6 cm³/mol. The van der Waals surface area contributed by atoms with Gasteiger partial charge in [-0.15, -0.1) is 0 Å². The van der Waals surface area contributed by atoms with Crippen LogP contribution in [0.2, 0.25) is 0 Å². The van der Waals surface area contributed by atoms with Crippen molar-refractivity contribution >= 4 is 5.91 Å². The van der Waals surface area contributed by atoms with E-state index in [1.807, 2.05) is 19.2 Å². The van der Waals surface area contributed by atoms with Crippen LogP contribution in [0.5, 0.6) is 5.75 Å². The molecule has 0 saturated carbocycles. The molecule has 0 aliphatic carbocycles. The topological polar surface area (TPSA) is 50.4 Å². The molecule has 1 aromatic rings. The van der Waals surface area contributed by atoms with Gasteiger partial charge in [0.05, 0.1) is 7.11 Å². The van der Waals surface area contributed by atoms with Gasteiger partial charge < -0.3 is 15.4 Å². The lowest BCUT2D eigenvalue weighted by molar-refractivity contribution is -0.121. The summed E-state index contributed by atoms with van der Waals surface area (Å²) in [5.41, 5.74) is 2.34. The highest BCUT2D eigenvalue weighted by molar-refractivity contribution is 5.75. The van der Waals surface area contributed by atoms with E-state index < -0.39 is 0 Å². The maximum absolute atomic E-state index is 11.6. The van der Waals surface area contributed by atoms with Crippen LogP contribution in [-0.2, 0) is 11.2 Å². The largest absolute Gasteiger partial charge is 0.496 e. The van der Waals surface area contributed by atoms with Crippen LogP contribution in [0.4, 0.5) is 0 Å². The smallest absolute Gasteiger partial charge is 0.220 e. The van der Waals surface area contributed by atoms with Crippen molar-refractivity contribution in [2.45, 2.75) is 26.2 Å². The van der Waals surface area contributed by atoms with E-state index >= 15 is 0 Å². The third kappa shape index (κ3) is 5.75. The zero-order valence-corrected chi connectivity index (χ0v) is 12.1. The minimum absolute atomic E-state index is 0.113. The van der Waals surface area contributed by atoms with E-state index in [0.717, 1.165) is 30.7 Å². The number of amides is 1. The highest BCUT2D eigenvalue weighted by atomic mass is 16.5. The molecule has 1 amide bonds. The molecule has 0 heterocycles. The van der Waals surface area contributed by atoms with Crippen LogP contribution in [0.25, 0.3) is 0 Å². The van der Waals surface area contributed by atoms with E-state index in [-0.39, 0.29) is 5.91 Å². The van der Waals surface area contributed by atoms with Gasteiger partial charge in [-0.05, 0) is 45.0 Å². The predicted octanol–water partition coefficient (Wildman–Crippen LogP) is 1.66. The van der Waals surface area contributed by atoms with Crippen molar-refractivity contribution in [1.82, 2.24) is 10.6 Å². The van der Waals surface area contributed by atoms with Gasteiger partial charge in [0.2, 0.25) is 5.91 Å². The van der Waals surface area contributed by atoms with Crippen molar-refractivity contribution in [3.05, 3.63) is 29.3 Å². The summed E-state index contributed by atoms with van der Waals surface area (Å²) in [5, 5.41) is 5.97. The summed E-state index contributed by atoms with van der Waals surface area (Å²) >= 11 is 0. The number of carbonyl (C=O) groups is 1. The van der Waals surface area contributed by atoms with E-state index in [0.29, 0.717) is 13.0 Å². The molecule has 0 atom stereocenters. The summed E-state index contributed by atoms with van der Waals surface area (Å²) in [6.07, 6.45) is 2.24. The summed E-state index contributed by atoms with van der Waals surface area (Å²) in [6, 6.07) is 6.10. The summed E-state index contributed by atoms with van der Waals surface area (Å²) in [6.45, 7) is 3.58. The van der Waals surface area contributed by atoms with Gasteiger partial charge in [-0.2, -0.15) is 0 Å². The molecule has 0 fully saturated rings. The van der Waals surface area contributed by atoms with Crippen LogP contribution in [0.15, 0.2) is 18.2 Å². The fourth-order valence-electron chi connectivity index (χ4n) is 1.95. The quantitative estimate of drug-likeness (QED) is 0.702. The van der Waals surface area contributed by atoms with Gasteiger partial charge in [-0.25, -0.2) is 0 Å². The first-order chi connectivity index (χ1) is 9.17. The molecule has 1 aromatic carbocycles. The fraction of sp³-hybridized carbons (Fsp3) is 0.533. The molecule has 0 aliphatic heterocycles. The van der Waals surface area contributed by atoms with Gasteiger partial charge in [0, 0.05) is 13.0 Å². The zero-order valence-electron chi connectivity index (χ0n) is 12.1. The number of rotatable bonds is 8. The Balaban J connectivity index is 2.36. The van der Waals surface area contributed by atoms with Gasteiger partial charge in [0.15, 0.2) is 0 Å². The second-order valence-corrected chi connectivity index (χ2v) is 4.62. The van der Waals surface area contributed by atoms with Crippen LogP contribution < -0.4 is 15.4 Å². The maximum atomic E-state index is 11.6. The summed E-state index contributed by atoms with van der Waals surface area (Å²) < 4.78 is 5.32. The van der Waals surface area contributed by atoms with E-state index in [2.05, 4.69) is 23.6 Å². The molecule has 0 unspecified atom stereocenters. The Kier molecular flexibility index (Phi) is 6.97. The molecule has 0 spiro atoms. The summed E-state index contributed by atoms with van der Waals surface area (Å²) in [5.74, 6) is 0.997. The Hall–Kier alpha value is -1.55. The van der Waals surface area contributed by atoms with Crippen LogP contribution in [0.1, 0.15) is 24.0 Å². The number of ether oxygens (including phenoxy) is 1. The molecule has 106 valence electrons. The number of benzene rings is 1. The van der Waals surface area contributed by atoms with E-state index in [1.54, 1.807) is 7.11 Å². The summed E-state index contributed by atoms with van der Waals surface area (Å²) in [4.78, 5) is 11.6. The first-order valence-electron chi connectivity index (χ1n) is 6.72. The Morgan fingerprint density at radius 1 is 1.32 bits per heavy atom. The lowest BCUT2D eigenvalue weighted by atomic mass is 10.1. The zero-order chi connectivity index (χ0) is 14.1. The number of hydrogen-bond donors (Lipinski definition) is 2. The first kappa shape index (κ1) is 15.5. The van der Waals surface area contributed by atoms with Crippen LogP contribution >= 0.6 is 0 Å². The second-order valence-electron chi connectivity index (χ2n) is 4.62. The van der Waals surface area contributed by atoms with Gasteiger partial charge in [0.25, 0.3) is 0 Å². The molecule has 2 N–H and O–H groups in total. The monoisotopic (exact) mass is 264 g/mol. The van der Waals surface area contributed by atoms with Crippen LogP contribution in [-0.4, -0.2) is 33.2 Å². The molecule has 0 aromatic heterocycles. The molecule has 0 radical (unpaired) electrons. The minimum atomic E-state index is 0.113. The van der Waals surface area contributed by atoms with Crippen molar-refractivity contribution in [2.24, 2.45) is 0 Å². The van der Waals surface area contributed by atoms with Crippen molar-refractivity contribution in [3.8, 4) is 5.75 Å². The molecule has 19 heavy (non-hydrogen) atoms. The number of hydrogen-bond acceptors (Lipinski definition) is 3. The second kappa shape index (κ2) is 8.53. The average molecular weight is 264 g/mol. The Morgan fingerprint density at radius 3 is 2.79 bits per heavy atom. The van der Waals surface area contributed by atoms with Crippen molar-refractivity contribution in [2.75, 3.05) is 27.2 Å². The number of methoxy groups -OCH3 is 1. The van der Waals surface area contributed by atoms with Crippen molar-refractivity contribution in [1.29, 1.82) is 0 Å². The lowest BCUT2D eigenvalue weighted by Gasteiger charge is -2.10. The lowest BCUT2D eigenvalue weighted by Crippen LogP contribution is -2.26. The highest BCUT2D eigenvalue weighted by Crippen LogP contribution is 2.19. The number of aryl methyl sites for hydroxylation is 1. The molecule has 0 aliphatic rings. The third-order valence-electron chi connectivity index (χ3n) is 2.98. The molecule has 0 bridgehead atoms. The van der Waals surface area contributed by atoms with Crippen molar-refractivity contribution < 1.29 is 9.53 Å². The number of nitrogens with one attached hydrogen (secondary N) is 2. The normalized spacial score (nSPS) is 10.3. The Labute approximate surface area is 115 Å². The third-order valence-corrected chi connectivity index (χ3v) is 2.98. The standard InChI is InChI=1S/C15H24N2O2/c1-12-6-7-14(19-3)13(11-12)8-10-17-15(18)5-4-9-16-2/h6-7,11,16H,4-5,8-10H2,1-3H3,(H,17,18). The molecular weight excluding hydrogens is 240 g/mol. The van der Waals surface area contributed by atoms with Gasteiger partial charge in [-0.3, -0.25) is 4.79 Å². The molecule has 4 nitrogen and oxygen atoms in total. The average Bonchev–Trinajstić information content (AvgIpc) is 2.39. The maximum Gasteiger partial charge on any atom is 0.220 e. The molecular formula is C15H24N2O2. The van der Waals surface area contributed by atoms with Gasteiger partial charge in [-0.1, -0.05) is 17.7 Å². The van der Waals surface area contributed by atoms with E-state index in [1.165, 1.54) is 5.56 Å². The number of carbonyl (C=O) groups excluding carboxylic acids is 1. The van der Waals surface area contributed by atoms with E-state index in [9.17, 15) is 4.79 Å².